The van der Waals surface area contributed by atoms with Crippen molar-refractivity contribution in [2.45, 2.75) is 0 Å². The first-order chi connectivity index (χ1) is 10.2. The molecule has 0 radical (unpaired) electrons. The Morgan fingerprint density at radius 1 is 1.19 bits per heavy atom. The Bertz CT molecular complexity index is 570. The molecular weight excluding hydrogens is 268 g/mol. The summed E-state index contributed by atoms with van der Waals surface area (Å²) in [5, 5.41) is 0. The summed E-state index contributed by atoms with van der Waals surface area (Å²) in [6, 6.07) is 12.9. The number of para-hydroxylation sites is 1. The van der Waals surface area contributed by atoms with Crippen molar-refractivity contribution in [1.82, 2.24) is 9.88 Å². The van der Waals surface area contributed by atoms with E-state index < -0.39 is 0 Å². The molecule has 110 valence electrons. The Hall–Kier alpha value is -2.56. The molecule has 0 N–H and O–H groups in total. The molecule has 0 bridgehead atoms. The van der Waals surface area contributed by atoms with E-state index in [-0.39, 0.29) is 5.91 Å². The molecule has 1 heterocycles. The fraction of sp³-hybridized carbons (Fsp3) is 0.250. The maximum absolute atomic E-state index is 12.2. The number of rotatable bonds is 6. The molecule has 1 aromatic carbocycles. The van der Waals surface area contributed by atoms with Crippen LogP contribution < -0.4 is 9.47 Å². The molecule has 1 aromatic heterocycles. The minimum Gasteiger partial charge on any atom is -0.492 e. The SMILES string of the molecule is COc1ccc(C(=O)N(C)CCOc2ccccc2)cn1. The van der Waals surface area contributed by atoms with E-state index >= 15 is 0 Å². The quantitative estimate of drug-likeness (QED) is 0.817. The van der Waals surface area contributed by atoms with Crippen molar-refractivity contribution in [3.8, 4) is 11.6 Å². The number of pyridine rings is 1. The zero-order valence-corrected chi connectivity index (χ0v) is 12.2. The van der Waals surface area contributed by atoms with Crippen LogP contribution in [-0.2, 0) is 0 Å². The van der Waals surface area contributed by atoms with Crippen LogP contribution in [0.15, 0.2) is 48.7 Å². The normalized spacial score (nSPS) is 10.0. The van der Waals surface area contributed by atoms with Crippen LogP contribution in [0, 0.1) is 0 Å². The first-order valence-corrected chi connectivity index (χ1v) is 6.64. The van der Waals surface area contributed by atoms with Crippen molar-refractivity contribution in [2.75, 3.05) is 27.3 Å². The van der Waals surface area contributed by atoms with Crippen molar-refractivity contribution in [3.05, 3.63) is 54.2 Å². The van der Waals surface area contributed by atoms with E-state index in [1.54, 1.807) is 24.1 Å². The highest BCUT2D eigenvalue weighted by Crippen LogP contribution is 2.10. The van der Waals surface area contributed by atoms with E-state index in [1.165, 1.54) is 13.3 Å². The fourth-order valence-electron chi connectivity index (χ4n) is 1.77. The zero-order valence-electron chi connectivity index (χ0n) is 12.2. The van der Waals surface area contributed by atoms with E-state index in [9.17, 15) is 4.79 Å². The Labute approximate surface area is 124 Å². The highest BCUT2D eigenvalue weighted by Gasteiger charge is 2.12. The van der Waals surface area contributed by atoms with Gasteiger partial charge in [-0.25, -0.2) is 4.98 Å². The van der Waals surface area contributed by atoms with Crippen LogP contribution in [-0.4, -0.2) is 43.1 Å². The summed E-state index contributed by atoms with van der Waals surface area (Å²) in [4.78, 5) is 17.8. The molecular formula is C16H18N2O3. The third-order valence-electron chi connectivity index (χ3n) is 2.98. The summed E-state index contributed by atoms with van der Waals surface area (Å²) in [6.07, 6.45) is 1.51. The highest BCUT2D eigenvalue weighted by atomic mass is 16.5. The van der Waals surface area contributed by atoms with Crippen molar-refractivity contribution >= 4 is 5.91 Å². The lowest BCUT2D eigenvalue weighted by molar-refractivity contribution is 0.0773. The average Bonchev–Trinajstić information content (AvgIpc) is 2.55. The second kappa shape index (κ2) is 7.28. The molecule has 0 saturated heterocycles. The number of amides is 1. The molecule has 0 atom stereocenters. The number of hydrogen-bond donors (Lipinski definition) is 0. The summed E-state index contributed by atoms with van der Waals surface area (Å²) in [5.74, 6) is 1.19. The van der Waals surface area contributed by atoms with Crippen molar-refractivity contribution in [2.24, 2.45) is 0 Å². The van der Waals surface area contributed by atoms with Gasteiger partial charge in [0.05, 0.1) is 19.2 Å². The maximum atomic E-state index is 12.2. The number of nitrogens with zero attached hydrogens (tertiary/aromatic N) is 2. The standard InChI is InChI=1S/C16H18N2O3/c1-18(10-11-21-14-6-4-3-5-7-14)16(19)13-8-9-15(20-2)17-12-13/h3-9,12H,10-11H2,1-2H3. The molecule has 0 spiro atoms. The van der Waals surface area contributed by atoms with Crippen molar-refractivity contribution < 1.29 is 14.3 Å². The maximum Gasteiger partial charge on any atom is 0.255 e. The van der Waals surface area contributed by atoms with E-state index in [4.69, 9.17) is 9.47 Å². The average molecular weight is 286 g/mol. The van der Waals surface area contributed by atoms with Gasteiger partial charge in [0, 0.05) is 19.3 Å². The van der Waals surface area contributed by atoms with E-state index in [1.807, 2.05) is 30.3 Å². The van der Waals surface area contributed by atoms with Crippen LogP contribution in [0.5, 0.6) is 11.6 Å². The number of methoxy groups -OCH3 is 1. The lowest BCUT2D eigenvalue weighted by Gasteiger charge is -2.17. The third-order valence-corrected chi connectivity index (χ3v) is 2.98. The van der Waals surface area contributed by atoms with E-state index in [0.29, 0.717) is 24.6 Å². The van der Waals surface area contributed by atoms with Gasteiger partial charge in [-0.2, -0.15) is 0 Å². The molecule has 0 aliphatic heterocycles. The third kappa shape index (κ3) is 4.21. The van der Waals surface area contributed by atoms with E-state index in [0.717, 1.165) is 5.75 Å². The van der Waals surface area contributed by atoms with Gasteiger partial charge in [0.1, 0.15) is 12.4 Å². The summed E-state index contributed by atoms with van der Waals surface area (Å²) in [5.41, 5.74) is 0.526. The summed E-state index contributed by atoms with van der Waals surface area (Å²) in [7, 11) is 3.28. The fourth-order valence-corrected chi connectivity index (χ4v) is 1.77. The molecule has 0 aliphatic carbocycles. The van der Waals surface area contributed by atoms with Crippen LogP contribution in [0.2, 0.25) is 0 Å². The molecule has 2 rings (SSSR count). The van der Waals surface area contributed by atoms with Gasteiger partial charge in [-0.1, -0.05) is 18.2 Å². The van der Waals surface area contributed by atoms with Crippen molar-refractivity contribution in [3.63, 3.8) is 0 Å². The second-order valence-electron chi connectivity index (χ2n) is 4.48. The Morgan fingerprint density at radius 2 is 1.95 bits per heavy atom. The van der Waals surface area contributed by atoms with Gasteiger partial charge in [-0.15, -0.1) is 0 Å². The van der Waals surface area contributed by atoms with Gasteiger partial charge < -0.3 is 14.4 Å². The summed E-state index contributed by atoms with van der Waals surface area (Å²) in [6.45, 7) is 0.940. The number of carbonyl (C=O) groups is 1. The van der Waals surface area contributed by atoms with Crippen LogP contribution >= 0.6 is 0 Å². The molecule has 5 nitrogen and oxygen atoms in total. The van der Waals surface area contributed by atoms with Crippen LogP contribution in [0.1, 0.15) is 10.4 Å². The predicted molar refractivity (Wildman–Crippen MR) is 79.7 cm³/mol. The number of likely N-dealkylation sites (N-methyl/N-ethyl adjacent to an activating group) is 1. The molecule has 1 amide bonds. The van der Waals surface area contributed by atoms with Crippen LogP contribution in [0.3, 0.4) is 0 Å². The summed E-state index contributed by atoms with van der Waals surface area (Å²) < 4.78 is 10.5. The Kier molecular flexibility index (Phi) is 5.15. The molecule has 0 aliphatic rings. The molecule has 5 heteroatoms. The lowest BCUT2D eigenvalue weighted by atomic mass is 10.2. The number of carbonyl (C=O) groups excluding carboxylic acids is 1. The summed E-state index contributed by atoms with van der Waals surface area (Å²) >= 11 is 0. The predicted octanol–water partition coefficient (Wildman–Crippen LogP) is 2.24. The van der Waals surface area contributed by atoms with Gasteiger partial charge in [0.15, 0.2) is 0 Å². The van der Waals surface area contributed by atoms with Gasteiger partial charge in [-0.05, 0) is 18.2 Å². The monoisotopic (exact) mass is 286 g/mol. The zero-order chi connectivity index (χ0) is 15.1. The minimum atomic E-state index is -0.0955. The topological polar surface area (TPSA) is 51.7 Å². The Balaban J connectivity index is 1.84. The minimum absolute atomic E-state index is 0.0955. The first kappa shape index (κ1) is 14.8. The van der Waals surface area contributed by atoms with Gasteiger partial charge >= 0.3 is 0 Å². The van der Waals surface area contributed by atoms with Gasteiger partial charge in [-0.3, -0.25) is 4.79 Å². The first-order valence-electron chi connectivity index (χ1n) is 6.64. The molecule has 0 unspecified atom stereocenters. The second-order valence-corrected chi connectivity index (χ2v) is 4.48. The van der Waals surface area contributed by atoms with Gasteiger partial charge in [0.25, 0.3) is 5.91 Å². The van der Waals surface area contributed by atoms with Crippen LogP contribution in [0.4, 0.5) is 0 Å². The molecule has 0 saturated carbocycles. The molecule has 21 heavy (non-hydrogen) atoms. The number of benzene rings is 1. The van der Waals surface area contributed by atoms with E-state index in [2.05, 4.69) is 4.98 Å². The molecule has 2 aromatic rings. The van der Waals surface area contributed by atoms with Gasteiger partial charge in [0.2, 0.25) is 5.88 Å². The highest BCUT2D eigenvalue weighted by molar-refractivity contribution is 5.93. The molecule has 0 fully saturated rings. The number of ether oxygens (including phenoxy) is 2. The van der Waals surface area contributed by atoms with Crippen LogP contribution in [0.25, 0.3) is 0 Å². The smallest absolute Gasteiger partial charge is 0.255 e. The number of aromatic nitrogens is 1. The van der Waals surface area contributed by atoms with Crippen molar-refractivity contribution in [1.29, 1.82) is 0 Å². The Morgan fingerprint density at radius 3 is 2.57 bits per heavy atom. The number of hydrogen-bond acceptors (Lipinski definition) is 4. The lowest BCUT2D eigenvalue weighted by Crippen LogP contribution is -2.30. The largest absolute Gasteiger partial charge is 0.492 e.